The van der Waals surface area contributed by atoms with E-state index >= 15 is 0 Å². The Labute approximate surface area is 55.3 Å². The maximum Gasteiger partial charge on any atom is 0.0592 e. The minimum absolute atomic E-state index is 0.00926. The summed E-state index contributed by atoms with van der Waals surface area (Å²) in [5, 5.41) is 12.5. The van der Waals surface area contributed by atoms with Crippen LogP contribution in [0.1, 0.15) is 13.3 Å². The number of aliphatic hydroxyl groups excluding tert-OH is 1. The third kappa shape index (κ3) is 0.578. The van der Waals surface area contributed by atoms with Crippen LogP contribution in [-0.2, 0) is 0 Å². The summed E-state index contributed by atoms with van der Waals surface area (Å²) in [6.45, 7) is 4.39. The van der Waals surface area contributed by atoms with E-state index in [0.717, 1.165) is 19.5 Å². The first-order chi connectivity index (χ1) is 4.22. The van der Waals surface area contributed by atoms with Crippen molar-refractivity contribution in [3.63, 3.8) is 0 Å². The number of aliphatic hydroxyl groups is 1. The molecule has 52 valence electrons. The summed E-state index contributed by atoms with van der Waals surface area (Å²) in [7, 11) is 0. The molecule has 0 spiro atoms. The van der Waals surface area contributed by atoms with Crippen molar-refractivity contribution in [3.8, 4) is 0 Å². The molecule has 2 aliphatic rings. The molecule has 0 aromatic heterocycles. The minimum atomic E-state index is -0.00926. The molecule has 1 aliphatic carbocycles. The van der Waals surface area contributed by atoms with Gasteiger partial charge in [0.05, 0.1) is 6.10 Å². The largest absolute Gasteiger partial charge is 0.393 e. The molecule has 2 fully saturated rings. The fourth-order valence-corrected chi connectivity index (χ4v) is 2.17. The van der Waals surface area contributed by atoms with Crippen LogP contribution in [0.5, 0.6) is 0 Å². The van der Waals surface area contributed by atoms with Crippen molar-refractivity contribution in [3.05, 3.63) is 0 Å². The van der Waals surface area contributed by atoms with Crippen LogP contribution in [0.3, 0.4) is 0 Å². The normalized spacial score (nSPS) is 56.7. The highest BCUT2D eigenvalue weighted by molar-refractivity contribution is 5.05. The van der Waals surface area contributed by atoms with E-state index in [2.05, 4.69) is 12.2 Å². The molecule has 1 aliphatic heterocycles. The Hall–Kier alpha value is -0.0800. The van der Waals surface area contributed by atoms with E-state index in [4.69, 9.17) is 0 Å². The van der Waals surface area contributed by atoms with Crippen LogP contribution in [0.4, 0.5) is 0 Å². The van der Waals surface area contributed by atoms with Gasteiger partial charge in [0.25, 0.3) is 0 Å². The van der Waals surface area contributed by atoms with Gasteiger partial charge in [0.1, 0.15) is 0 Å². The van der Waals surface area contributed by atoms with Crippen LogP contribution >= 0.6 is 0 Å². The van der Waals surface area contributed by atoms with Crippen molar-refractivity contribution < 1.29 is 5.11 Å². The average molecular weight is 127 g/mol. The molecule has 2 rings (SSSR count). The Kier molecular flexibility index (Phi) is 0.945. The summed E-state index contributed by atoms with van der Waals surface area (Å²) >= 11 is 0. The molecule has 0 radical (unpaired) electrons. The van der Waals surface area contributed by atoms with Crippen molar-refractivity contribution in [2.45, 2.75) is 19.4 Å². The fraction of sp³-hybridized carbons (Fsp3) is 1.00. The first-order valence-corrected chi connectivity index (χ1v) is 3.61. The maximum absolute atomic E-state index is 9.24. The van der Waals surface area contributed by atoms with Crippen molar-refractivity contribution in [2.75, 3.05) is 13.1 Å². The first kappa shape index (κ1) is 5.69. The lowest BCUT2D eigenvalue weighted by Gasteiger charge is -2.45. The molecule has 0 aromatic carbocycles. The van der Waals surface area contributed by atoms with Crippen molar-refractivity contribution in [1.29, 1.82) is 0 Å². The Morgan fingerprint density at radius 1 is 1.67 bits per heavy atom. The first-order valence-electron chi connectivity index (χ1n) is 3.61. The number of nitrogens with one attached hydrogen (secondary N) is 1. The number of hydrogen-bond donors (Lipinski definition) is 2. The molecule has 0 amide bonds. The van der Waals surface area contributed by atoms with Gasteiger partial charge in [-0.1, -0.05) is 6.92 Å². The molecule has 2 N–H and O–H groups in total. The van der Waals surface area contributed by atoms with Crippen LogP contribution in [0.2, 0.25) is 0 Å². The van der Waals surface area contributed by atoms with Crippen molar-refractivity contribution in [2.24, 2.45) is 11.3 Å². The van der Waals surface area contributed by atoms with Gasteiger partial charge in [-0.2, -0.15) is 0 Å². The van der Waals surface area contributed by atoms with Gasteiger partial charge >= 0.3 is 0 Å². The van der Waals surface area contributed by atoms with E-state index in [9.17, 15) is 5.11 Å². The predicted octanol–water partition coefficient (Wildman–Crippen LogP) is -0.0233. The van der Waals surface area contributed by atoms with Gasteiger partial charge in [0.2, 0.25) is 0 Å². The van der Waals surface area contributed by atoms with Gasteiger partial charge in [-0.25, -0.2) is 0 Å². The number of fused-ring (bicyclic) bond motifs is 1. The summed E-state index contributed by atoms with van der Waals surface area (Å²) in [6.07, 6.45) is 0.995. The smallest absolute Gasteiger partial charge is 0.0592 e. The summed E-state index contributed by atoms with van der Waals surface area (Å²) in [5.74, 6) is 0.553. The SMILES string of the molecule is C[C@@]12CNC[C@@H]1[C@H](O)C2. The molecule has 3 atom stereocenters. The molecule has 1 saturated heterocycles. The molecular weight excluding hydrogens is 114 g/mol. The van der Waals surface area contributed by atoms with E-state index in [1.165, 1.54) is 0 Å². The second-order valence-electron chi connectivity index (χ2n) is 3.66. The summed E-state index contributed by atoms with van der Waals surface area (Å²) < 4.78 is 0. The highest BCUT2D eigenvalue weighted by Gasteiger charge is 2.52. The van der Waals surface area contributed by atoms with E-state index in [0.29, 0.717) is 11.3 Å². The molecule has 2 nitrogen and oxygen atoms in total. The Morgan fingerprint density at radius 2 is 2.44 bits per heavy atom. The zero-order chi connectivity index (χ0) is 6.48. The highest BCUT2D eigenvalue weighted by Crippen LogP contribution is 2.48. The second kappa shape index (κ2) is 1.50. The standard InChI is InChI=1S/C7H13NO/c1-7-2-6(9)5(7)3-8-4-7/h5-6,8-9H,2-4H2,1H3/t5-,6-,7-/m1/s1. The van der Waals surface area contributed by atoms with Gasteiger partial charge in [-0.3, -0.25) is 0 Å². The molecular formula is C7H13NO. The van der Waals surface area contributed by atoms with E-state index in [1.807, 2.05) is 0 Å². The Bertz CT molecular complexity index is 137. The predicted molar refractivity (Wildman–Crippen MR) is 35.1 cm³/mol. The summed E-state index contributed by atoms with van der Waals surface area (Å²) in [4.78, 5) is 0. The highest BCUT2D eigenvalue weighted by atomic mass is 16.3. The van der Waals surface area contributed by atoms with Gasteiger partial charge in [-0.15, -0.1) is 0 Å². The van der Waals surface area contributed by atoms with E-state index in [-0.39, 0.29) is 6.10 Å². The summed E-state index contributed by atoms with van der Waals surface area (Å²) in [6, 6.07) is 0. The number of hydrogen-bond acceptors (Lipinski definition) is 2. The Morgan fingerprint density at radius 3 is 2.89 bits per heavy atom. The molecule has 1 saturated carbocycles. The lowest BCUT2D eigenvalue weighted by atomic mass is 9.61. The van der Waals surface area contributed by atoms with Crippen LogP contribution in [0, 0.1) is 11.3 Å². The zero-order valence-corrected chi connectivity index (χ0v) is 5.72. The lowest BCUT2D eigenvalue weighted by Crippen LogP contribution is -2.48. The number of rotatable bonds is 0. The summed E-state index contributed by atoms with van der Waals surface area (Å²) in [5.41, 5.74) is 0.444. The topological polar surface area (TPSA) is 32.3 Å². The zero-order valence-electron chi connectivity index (χ0n) is 5.72. The van der Waals surface area contributed by atoms with Crippen LogP contribution in [0.15, 0.2) is 0 Å². The van der Waals surface area contributed by atoms with Crippen LogP contribution in [0.25, 0.3) is 0 Å². The third-order valence-electron chi connectivity index (χ3n) is 2.93. The minimum Gasteiger partial charge on any atom is -0.393 e. The van der Waals surface area contributed by atoms with E-state index in [1.54, 1.807) is 0 Å². The molecule has 0 bridgehead atoms. The van der Waals surface area contributed by atoms with Crippen molar-refractivity contribution >= 4 is 0 Å². The van der Waals surface area contributed by atoms with E-state index < -0.39 is 0 Å². The Balaban J connectivity index is 2.13. The third-order valence-corrected chi connectivity index (χ3v) is 2.93. The molecule has 0 unspecified atom stereocenters. The quantitative estimate of drug-likeness (QED) is 0.479. The van der Waals surface area contributed by atoms with Crippen molar-refractivity contribution in [1.82, 2.24) is 5.32 Å². The fourth-order valence-electron chi connectivity index (χ4n) is 2.17. The molecule has 1 heterocycles. The van der Waals surface area contributed by atoms with Gasteiger partial charge in [-0.05, 0) is 11.8 Å². The lowest BCUT2D eigenvalue weighted by molar-refractivity contribution is -0.0638. The second-order valence-corrected chi connectivity index (χ2v) is 3.66. The van der Waals surface area contributed by atoms with Gasteiger partial charge < -0.3 is 10.4 Å². The molecule has 2 heteroatoms. The molecule has 9 heavy (non-hydrogen) atoms. The average Bonchev–Trinajstić information content (AvgIpc) is 2.06. The maximum atomic E-state index is 9.24. The monoisotopic (exact) mass is 127 g/mol. The molecule has 0 aromatic rings. The van der Waals surface area contributed by atoms with Crippen LogP contribution in [-0.4, -0.2) is 24.3 Å². The van der Waals surface area contributed by atoms with Gasteiger partial charge in [0, 0.05) is 19.0 Å². The van der Waals surface area contributed by atoms with Crippen LogP contribution < -0.4 is 5.32 Å². The van der Waals surface area contributed by atoms with Gasteiger partial charge in [0.15, 0.2) is 0 Å².